The summed E-state index contributed by atoms with van der Waals surface area (Å²) < 4.78 is 0. The quantitative estimate of drug-likeness (QED) is 0.353. The van der Waals surface area contributed by atoms with Gasteiger partial charge in [-0.25, -0.2) is 0 Å². The Labute approximate surface area is 224 Å². The Balaban J connectivity index is 1.27. The first-order valence-electron chi connectivity index (χ1n) is 14.5. The molecule has 4 unspecified atom stereocenters. The van der Waals surface area contributed by atoms with E-state index >= 15 is 0 Å². The summed E-state index contributed by atoms with van der Waals surface area (Å²) in [6, 6.07) is 19.2. The van der Waals surface area contributed by atoms with Crippen LogP contribution in [0.3, 0.4) is 0 Å². The lowest BCUT2D eigenvalue weighted by Gasteiger charge is -2.55. The first-order chi connectivity index (χ1) is 18.5. The second-order valence-corrected chi connectivity index (χ2v) is 12.5. The summed E-state index contributed by atoms with van der Waals surface area (Å²) >= 11 is 0. The lowest BCUT2D eigenvalue weighted by atomic mass is 9.49. The Hall–Kier alpha value is -3.27. The second kappa shape index (κ2) is 9.18. The van der Waals surface area contributed by atoms with Crippen LogP contribution in [0.2, 0.25) is 0 Å². The molecular weight excluding hydrogens is 470 g/mol. The van der Waals surface area contributed by atoms with Crippen LogP contribution in [0.1, 0.15) is 80.9 Å². The summed E-state index contributed by atoms with van der Waals surface area (Å²) in [5.74, 6) is 2.82. The van der Waals surface area contributed by atoms with Gasteiger partial charge in [0.2, 0.25) is 0 Å². The number of hydrogen-bond donors (Lipinski definition) is 1. The monoisotopic (exact) mass is 505 g/mol. The number of aliphatic hydroxyl groups excluding tert-OH is 1. The number of benzene rings is 3. The topological polar surface area (TPSA) is 66.7 Å². The molecule has 4 nitrogen and oxygen atoms in total. The molecule has 4 aliphatic rings. The van der Waals surface area contributed by atoms with Crippen molar-refractivity contribution in [1.82, 2.24) is 0 Å². The summed E-state index contributed by atoms with van der Waals surface area (Å²) in [5, 5.41) is 15.9. The lowest BCUT2D eigenvalue weighted by molar-refractivity contribution is -0.114. The summed E-state index contributed by atoms with van der Waals surface area (Å²) in [6.07, 6.45) is 11.1. The number of hydrogen-bond acceptors (Lipinski definition) is 4. The van der Waals surface area contributed by atoms with E-state index in [0.29, 0.717) is 18.4 Å². The van der Waals surface area contributed by atoms with E-state index < -0.39 is 0 Å². The SMILES string of the molecule is O=NCc1ccc(-c2ccc3cc(C4=C(O)CCCC4=O)ccc3c2)cc1C12CCC3CCC(CC3C1)C2. The Bertz CT molecular complexity index is 1480. The molecule has 4 heteroatoms. The molecule has 3 aromatic rings. The molecule has 3 aromatic carbocycles. The minimum absolute atomic E-state index is 0.0300. The third-order valence-corrected chi connectivity index (χ3v) is 10.3. The fourth-order valence-electron chi connectivity index (χ4n) is 8.59. The van der Waals surface area contributed by atoms with Gasteiger partial charge in [-0.15, -0.1) is 0 Å². The van der Waals surface area contributed by atoms with Crippen LogP contribution < -0.4 is 0 Å². The highest BCUT2D eigenvalue weighted by Crippen LogP contribution is 2.59. The van der Waals surface area contributed by atoms with E-state index in [1.165, 1.54) is 56.1 Å². The van der Waals surface area contributed by atoms with Crippen molar-refractivity contribution < 1.29 is 9.90 Å². The third kappa shape index (κ3) is 3.92. The number of aliphatic hydroxyl groups is 1. The molecule has 38 heavy (non-hydrogen) atoms. The summed E-state index contributed by atoms with van der Waals surface area (Å²) in [6.45, 7) is 0.248. The van der Waals surface area contributed by atoms with E-state index in [1.807, 2.05) is 12.1 Å². The summed E-state index contributed by atoms with van der Waals surface area (Å²) in [5.41, 5.74) is 6.31. The third-order valence-electron chi connectivity index (χ3n) is 10.3. The van der Waals surface area contributed by atoms with Gasteiger partial charge in [0.05, 0.1) is 5.57 Å². The standard InChI is InChI=1S/C34H35NO3/c36-31-2-1-3-32(37)33(31)27-10-8-23-15-24(6-7-25(23)16-27)26-9-11-28(20-35-38)30(17-26)34-13-12-22-5-4-21(18-34)14-29(22)19-34/h6-11,15-17,21-22,29,36H,1-5,12-14,18-20H2. The Kier molecular flexibility index (Phi) is 5.76. The molecule has 194 valence electrons. The van der Waals surface area contributed by atoms with E-state index in [9.17, 15) is 14.8 Å². The van der Waals surface area contributed by atoms with Crippen molar-refractivity contribution in [1.29, 1.82) is 0 Å². The molecule has 3 fully saturated rings. The highest BCUT2D eigenvalue weighted by molar-refractivity contribution is 6.22. The number of nitrogens with zero attached hydrogens (tertiary/aromatic N) is 1. The highest BCUT2D eigenvalue weighted by Gasteiger charge is 2.50. The Morgan fingerprint density at radius 2 is 1.61 bits per heavy atom. The van der Waals surface area contributed by atoms with E-state index in [4.69, 9.17) is 0 Å². The van der Waals surface area contributed by atoms with Gasteiger partial charge >= 0.3 is 0 Å². The molecule has 3 bridgehead atoms. The van der Waals surface area contributed by atoms with Crippen LogP contribution in [0.4, 0.5) is 0 Å². The average Bonchev–Trinajstić information content (AvgIpc) is 2.92. The van der Waals surface area contributed by atoms with Gasteiger partial charge in [0.15, 0.2) is 5.78 Å². The molecule has 4 atom stereocenters. The Morgan fingerprint density at radius 1 is 0.842 bits per heavy atom. The van der Waals surface area contributed by atoms with Crippen molar-refractivity contribution in [2.75, 3.05) is 0 Å². The highest BCUT2D eigenvalue weighted by atomic mass is 16.3. The van der Waals surface area contributed by atoms with Crippen LogP contribution in [-0.4, -0.2) is 10.9 Å². The number of fused-ring (bicyclic) bond motifs is 3. The van der Waals surface area contributed by atoms with Gasteiger partial charge < -0.3 is 5.11 Å². The fraction of sp³-hybridized carbons (Fsp3) is 0.441. The van der Waals surface area contributed by atoms with Gasteiger partial charge in [-0.05, 0) is 119 Å². The molecule has 4 aliphatic carbocycles. The van der Waals surface area contributed by atoms with Crippen LogP contribution >= 0.6 is 0 Å². The van der Waals surface area contributed by atoms with Crippen LogP contribution in [-0.2, 0) is 16.8 Å². The molecule has 1 N–H and O–H groups in total. The fourth-order valence-corrected chi connectivity index (χ4v) is 8.59. The van der Waals surface area contributed by atoms with Crippen LogP contribution in [0.25, 0.3) is 27.5 Å². The van der Waals surface area contributed by atoms with Crippen molar-refractivity contribution in [3.05, 3.63) is 82.0 Å². The van der Waals surface area contributed by atoms with E-state index in [-0.39, 0.29) is 23.5 Å². The zero-order valence-corrected chi connectivity index (χ0v) is 21.9. The molecule has 0 amide bonds. The zero-order chi connectivity index (χ0) is 25.9. The second-order valence-electron chi connectivity index (χ2n) is 12.5. The first kappa shape index (κ1) is 23.8. The Morgan fingerprint density at radius 3 is 2.42 bits per heavy atom. The summed E-state index contributed by atoms with van der Waals surface area (Å²) in [4.78, 5) is 23.9. The largest absolute Gasteiger partial charge is 0.512 e. The number of carbonyl (C=O) groups excluding carboxylic acids is 1. The van der Waals surface area contributed by atoms with Gasteiger partial charge in [0.1, 0.15) is 12.3 Å². The van der Waals surface area contributed by atoms with Crippen LogP contribution in [0.15, 0.2) is 65.5 Å². The minimum Gasteiger partial charge on any atom is -0.512 e. The molecule has 3 saturated carbocycles. The average molecular weight is 506 g/mol. The molecule has 0 aromatic heterocycles. The molecule has 7 rings (SSSR count). The maximum Gasteiger partial charge on any atom is 0.166 e. The first-order valence-corrected chi connectivity index (χ1v) is 14.5. The van der Waals surface area contributed by atoms with Crippen molar-refractivity contribution in [3.8, 4) is 11.1 Å². The smallest absolute Gasteiger partial charge is 0.166 e. The van der Waals surface area contributed by atoms with Crippen molar-refractivity contribution >= 4 is 22.1 Å². The minimum atomic E-state index is 0.0300. The molecule has 0 aliphatic heterocycles. The van der Waals surface area contributed by atoms with Gasteiger partial charge in [0.25, 0.3) is 0 Å². The number of allylic oxidation sites excluding steroid dienone is 2. The van der Waals surface area contributed by atoms with Crippen molar-refractivity contribution in [3.63, 3.8) is 0 Å². The molecule has 0 heterocycles. The predicted octanol–water partition coefficient (Wildman–Crippen LogP) is 8.65. The number of carbonyl (C=O) groups is 1. The van der Waals surface area contributed by atoms with Crippen molar-refractivity contribution in [2.24, 2.45) is 22.9 Å². The maximum atomic E-state index is 12.5. The van der Waals surface area contributed by atoms with E-state index in [1.54, 1.807) is 0 Å². The van der Waals surface area contributed by atoms with Gasteiger partial charge in [0, 0.05) is 12.8 Å². The van der Waals surface area contributed by atoms with Gasteiger partial charge in [-0.1, -0.05) is 54.1 Å². The van der Waals surface area contributed by atoms with Crippen LogP contribution in [0.5, 0.6) is 0 Å². The van der Waals surface area contributed by atoms with Gasteiger partial charge in [-0.2, -0.15) is 4.91 Å². The number of nitroso groups, excluding NO2 is 1. The maximum absolute atomic E-state index is 12.5. The number of ketones is 1. The molecular formula is C34H35NO3. The van der Waals surface area contributed by atoms with E-state index in [0.717, 1.165) is 51.6 Å². The van der Waals surface area contributed by atoms with Crippen molar-refractivity contribution in [2.45, 2.75) is 76.2 Å². The lowest BCUT2D eigenvalue weighted by Crippen LogP contribution is -2.47. The van der Waals surface area contributed by atoms with Crippen LogP contribution in [0, 0.1) is 22.7 Å². The van der Waals surface area contributed by atoms with E-state index in [2.05, 4.69) is 47.6 Å². The zero-order valence-electron chi connectivity index (χ0n) is 21.9. The number of rotatable bonds is 5. The molecule has 0 saturated heterocycles. The molecule has 0 radical (unpaired) electrons. The molecule has 0 spiro atoms. The van der Waals surface area contributed by atoms with Gasteiger partial charge in [-0.3, -0.25) is 4.79 Å². The number of Topliss-reactive ketones (excluding diaryl/α,β-unsaturated/α-hetero) is 1. The summed E-state index contributed by atoms with van der Waals surface area (Å²) in [7, 11) is 0. The predicted molar refractivity (Wildman–Crippen MR) is 152 cm³/mol. The normalized spacial score (nSPS) is 28.6.